The van der Waals surface area contributed by atoms with Gasteiger partial charge in [-0.15, -0.1) is 0 Å². The van der Waals surface area contributed by atoms with Gasteiger partial charge in [0.15, 0.2) is 0 Å². The highest BCUT2D eigenvalue weighted by atomic mass is 16.5. The summed E-state index contributed by atoms with van der Waals surface area (Å²) in [6, 6.07) is 3.31. The molecule has 1 aromatic carbocycles. The number of hydrogen-bond donors (Lipinski definition) is 3. The number of methoxy groups -OCH3 is 1. The van der Waals surface area contributed by atoms with Crippen LogP contribution in [0.2, 0.25) is 0 Å². The maximum atomic E-state index is 10.6. The van der Waals surface area contributed by atoms with E-state index in [9.17, 15) is 9.59 Å². The van der Waals surface area contributed by atoms with E-state index in [1.54, 1.807) is 0 Å². The van der Waals surface area contributed by atoms with Gasteiger partial charge in [-0.1, -0.05) is 0 Å². The second-order valence-electron chi connectivity index (χ2n) is 2.71. The van der Waals surface area contributed by atoms with Crippen molar-refractivity contribution in [1.29, 1.82) is 0 Å². The van der Waals surface area contributed by atoms with E-state index in [4.69, 9.17) is 15.6 Å². The van der Waals surface area contributed by atoms with Gasteiger partial charge >= 0.3 is 12.0 Å². The molecule has 80 valence electrons. The maximum absolute atomic E-state index is 10.6. The third kappa shape index (κ3) is 2.60. The van der Waals surface area contributed by atoms with Crippen molar-refractivity contribution in [2.45, 2.75) is 0 Å². The number of amides is 2. The lowest BCUT2D eigenvalue weighted by molar-refractivity contribution is 0.0696. The van der Waals surface area contributed by atoms with Crippen LogP contribution in [0.1, 0.15) is 10.4 Å². The summed E-state index contributed by atoms with van der Waals surface area (Å²) in [7, 11) is 1.37. The van der Waals surface area contributed by atoms with Crippen molar-refractivity contribution >= 4 is 17.7 Å². The molecule has 0 fully saturated rings. The third-order valence-corrected chi connectivity index (χ3v) is 1.71. The van der Waals surface area contributed by atoms with Crippen LogP contribution in [-0.4, -0.2) is 24.2 Å². The summed E-state index contributed by atoms with van der Waals surface area (Å²) >= 11 is 0. The molecule has 0 atom stereocenters. The van der Waals surface area contributed by atoms with E-state index in [0.717, 1.165) is 0 Å². The van der Waals surface area contributed by atoms with Gasteiger partial charge in [-0.3, -0.25) is 0 Å². The molecule has 0 aliphatic heterocycles. The van der Waals surface area contributed by atoms with Crippen molar-refractivity contribution in [3.8, 4) is 5.75 Å². The number of aromatic carboxylic acids is 1. The van der Waals surface area contributed by atoms with Gasteiger partial charge in [0, 0.05) is 0 Å². The van der Waals surface area contributed by atoms with Gasteiger partial charge in [0.1, 0.15) is 5.75 Å². The Hall–Kier alpha value is -2.24. The molecule has 4 N–H and O–H groups in total. The predicted molar refractivity (Wildman–Crippen MR) is 53.2 cm³/mol. The number of nitrogens with one attached hydrogen (secondary N) is 1. The first-order valence-corrected chi connectivity index (χ1v) is 4.02. The van der Waals surface area contributed by atoms with Crippen molar-refractivity contribution < 1.29 is 19.4 Å². The zero-order chi connectivity index (χ0) is 11.4. The molecule has 2 amide bonds. The fraction of sp³-hybridized carbons (Fsp3) is 0.111. The summed E-state index contributed by atoms with van der Waals surface area (Å²) in [5, 5.41) is 11.0. The highest BCUT2D eigenvalue weighted by Crippen LogP contribution is 2.25. The zero-order valence-electron chi connectivity index (χ0n) is 7.98. The molecular weight excluding hydrogens is 200 g/mol. The van der Waals surface area contributed by atoms with Gasteiger partial charge in [-0.2, -0.15) is 0 Å². The van der Waals surface area contributed by atoms with Crippen molar-refractivity contribution in [1.82, 2.24) is 0 Å². The Labute approximate surface area is 85.6 Å². The Bertz CT molecular complexity index is 403. The minimum atomic E-state index is -1.07. The third-order valence-electron chi connectivity index (χ3n) is 1.71. The van der Waals surface area contributed by atoms with Crippen molar-refractivity contribution in [2.75, 3.05) is 12.4 Å². The number of carboxylic acids is 1. The van der Waals surface area contributed by atoms with E-state index in [1.165, 1.54) is 25.3 Å². The molecule has 0 heterocycles. The highest BCUT2D eigenvalue weighted by molar-refractivity contribution is 5.93. The Morgan fingerprint density at radius 2 is 2.13 bits per heavy atom. The second-order valence-corrected chi connectivity index (χ2v) is 2.71. The summed E-state index contributed by atoms with van der Waals surface area (Å²) in [6.45, 7) is 0. The largest absolute Gasteiger partial charge is 0.495 e. The Kier molecular flexibility index (Phi) is 3.12. The number of carboxylic acid groups (broad SMARTS) is 1. The molecule has 0 saturated heterocycles. The molecule has 0 radical (unpaired) electrons. The number of hydrogen-bond acceptors (Lipinski definition) is 3. The van der Waals surface area contributed by atoms with E-state index >= 15 is 0 Å². The number of carbonyl (C=O) groups excluding carboxylic acids is 1. The average Bonchev–Trinajstić information content (AvgIpc) is 2.17. The molecule has 0 saturated carbocycles. The molecule has 15 heavy (non-hydrogen) atoms. The van der Waals surface area contributed by atoms with Gasteiger partial charge < -0.3 is 20.9 Å². The van der Waals surface area contributed by atoms with E-state index in [-0.39, 0.29) is 11.3 Å². The monoisotopic (exact) mass is 210 g/mol. The first kappa shape index (κ1) is 10.8. The van der Waals surface area contributed by atoms with Gasteiger partial charge in [-0.05, 0) is 18.2 Å². The predicted octanol–water partition coefficient (Wildman–Crippen LogP) is 0.884. The van der Waals surface area contributed by atoms with Gasteiger partial charge in [0.05, 0.1) is 18.4 Å². The number of anilines is 1. The number of ether oxygens (including phenoxy) is 1. The minimum absolute atomic E-state index is 0.0712. The van der Waals surface area contributed by atoms with Crippen LogP contribution in [0.4, 0.5) is 10.5 Å². The topological polar surface area (TPSA) is 102 Å². The van der Waals surface area contributed by atoms with Crippen LogP contribution < -0.4 is 15.8 Å². The van der Waals surface area contributed by atoms with Crippen LogP contribution >= 0.6 is 0 Å². The first-order chi connectivity index (χ1) is 7.04. The zero-order valence-corrected chi connectivity index (χ0v) is 7.98. The van der Waals surface area contributed by atoms with Gasteiger partial charge in [0.25, 0.3) is 0 Å². The molecule has 0 unspecified atom stereocenters. The standard InChI is InChI=1S/C9H10N2O4/c1-15-7-4-5(8(12)13)2-3-6(7)11-9(10)14/h2-4H,1H3,(H,12,13)(H3,10,11,14). The lowest BCUT2D eigenvalue weighted by Gasteiger charge is -2.08. The molecule has 0 bridgehead atoms. The fourth-order valence-electron chi connectivity index (χ4n) is 1.06. The van der Waals surface area contributed by atoms with E-state index < -0.39 is 12.0 Å². The molecule has 6 nitrogen and oxygen atoms in total. The normalized spacial score (nSPS) is 9.40. The Morgan fingerprint density at radius 1 is 1.47 bits per heavy atom. The van der Waals surface area contributed by atoms with Gasteiger partial charge in [-0.25, -0.2) is 9.59 Å². The number of benzene rings is 1. The fourth-order valence-corrected chi connectivity index (χ4v) is 1.06. The van der Waals surface area contributed by atoms with Crippen LogP contribution in [0, 0.1) is 0 Å². The molecule has 0 aliphatic rings. The summed E-state index contributed by atoms with van der Waals surface area (Å²) in [6.07, 6.45) is 0. The molecule has 0 aliphatic carbocycles. The highest BCUT2D eigenvalue weighted by Gasteiger charge is 2.09. The second kappa shape index (κ2) is 4.32. The van der Waals surface area contributed by atoms with Crippen LogP contribution in [0.5, 0.6) is 5.75 Å². The summed E-state index contributed by atoms with van der Waals surface area (Å²) < 4.78 is 4.90. The molecule has 1 aromatic rings. The van der Waals surface area contributed by atoms with Gasteiger partial charge in [0.2, 0.25) is 0 Å². The van der Waals surface area contributed by atoms with Crippen LogP contribution in [0.15, 0.2) is 18.2 Å². The first-order valence-electron chi connectivity index (χ1n) is 4.02. The van der Waals surface area contributed by atoms with E-state index in [0.29, 0.717) is 5.69 Å². The molecular formula is C9H10N2O4. The van der Waals surface area contributed by atoms with Crippen LogP contribution in [0.3, 0.4) is 0 Å². The summed E-state index contributed by atoms with van der Waals surface area (Å²) in [5.74, 6) is -0.826. The van der Waals surface area contributed by atoms with E-state index in [2.05, 4.69) is 5.32 Å². The number of carbonyl (C=O) groups is 2. The molecule has 0 spiro atoms. The Balaban J connectivity index is 3.08. The van der Waals surface area contributed by atoms with Crippen molar-refractivity contribution in [3.63, 3.8) is 0 Å². The lowest BCUT2D eigenvalue weighted by atomic mass is 10.2. The quantitative estimate of drug-likeness (QED) is 0.689. The summed E-state index contributed by atoms with van der Waals surface area (Å²) in [4.78, 5) is 21.2. The number of rotatable bonds is 3. The number of urea groups is 1. The average molecular weight is 210 g/mol. The SMILES string of the molecule is COc1cc(C(=O)O)ccc1NC(N)=O. The van der Waals surface area contributed by atoms with E-state index in [1.807, 2.05) is 0 Å². The number of primary amides is 1. The van der Waals surface area contributed by atoms with Crippen LogP contribution in [0.25, 0.3) is 0 Å². The van der Waals surface area contributed by atoms with Crippen molar-refractivity contribution in [2.24, 2.45) is 5.73 Å². The summed E-state index contributed by atoms with van der Waals surface area (Å²) in [5.41, 5.74) is 5.32. The van der Waals surface area contributed by atoms with Crippen molar-refractivity contribution in [3.05, 3.63) is 23.8 Å². The Morgan fingerprint density at radius 3 is 2.60 bits per heavy atom. The lowest BCUT2D eigenvalue weighted by Crippen LogP contribution is -2.19. The number of nitrogens with two attached hydrogens (primary N) is 1. The van der Waals surface area contributed by atoms with Crippen LogP contribution in [-0.2, 0) is 0 Å². The minimum Gasteiger partial charge on any atom is -0.495 e. The molecule has 0 aromatic heterocycles. The molecule has 6 heteroatoms. The smallest absolute Gasteiger partial charge is 0.335 e. The molecule has 1 rings (SSSR count). The maximum Gasteiger partial charge on any atom is 0.335 e.